The van der Waals surface area contributed by atoms with E-state index in [0.717, 1.165) is 16.1 Å². The standard InChI is InChI=1S/C38H36BrN3O8/c1-20-10-12-23(13-11-20)40-42-35(47)27-19-26-24(14-15-25-31(26)36(48)41(34(25)46)16-6-9-30(43)44)32(21-17-28(39)33(45)29(18-21)50-2)38(27,37(42)49)22-7-4-3-5-8-22/h3-5,7-8,10-14,17-18,25-27,31-32,40,45H,6,9,15-16,19H2,1-2H3,(H,43,44). The molecular weight excluding hydrogens is 706 g/mol. The van der Waals surface area contributed by atoms with Gasteiger partial charge in [-0.15, -0.1) is 0 Å². The maximum Gasteiger partial charge on any atom is 0.303 e. The molecule has 0 radical (unpaired) electrons. The van der Waals surface area contributed by atoms with Crippen molar-refractivity contribution < 1.29 is 38.9 Å². The second kappa shape index (κ2) is 12.7. The summed E-state index contributed by atoms with van der Waals surface area (Å²) in [5, 5.41) is 21.1. The van der Waals surface area contributed by atoms with E-state index in [2.05, 4.69) is 21.4 Å². The molecular formula is C38H36BrN3O8. The average molecular weight is 743 g/mol. The molecule has 2 saturated heterocycles. The number of allylic oxidation sites excluding steroid dienone is 2. The van der Waals surface area contributed by atoms with Crippen molar-refractivity contribution >= 4 is 51.2 Å². The van der Waals surface area contributed by atoms with Gasteiger partial charge in [0.25, 0.3) is 11.8 Å². The molecule has 2 heterocycles. The van der Waals surface area contributed by atoms with Gasteiger partial charge in [0, 0.05) is 18.9 Å². The number of carbonyl (C=O) groups excluding carboxylic acids is 4. The maximum atomic E-state index is 15.2. The van der Waals surface area contributed by atoms with E-state index in [1.54, 1.807) is 24.3 Å². The van der Waals surface area contributed by atoms with Gasteiger partial charge in [0.1, 0.15) is 0 Å². The van der Waals surface area contributed by atoms with Crippen molar-refractivity contribution in [3.8, 4) is 11.5 Å². The lowest BCUT2D eigenvalue weighted by Gasteiger charge is -2.50. The van der Waals surface area contributed by atoms with Crippen molar-refractivity contribution in [3.63, 3.8) is 0 Å². The molecule has 4 amide bonds. The Hall–Kier alpha value is -4.97. The number of ether oxygens (including phenoxy) is 1. The number of benzene rings is 3. The van der Waals surface area contributed by atoms with Gasteiger partial charge in [-0.2, -0.15) is 5.01 Å². The van der Waals surface area contributed by atoms with Crippen LogP contribution in [0, 0.1) is 30.6 Å². The Kier molecular flexibility index (Phi) is 8.53. The molecule has 2 aliphatic carbocycles. The van der Waals surface area contributed by atoms with Gasteiger partial charge in [-0.25, -0.2) is 0 Å². The molecule has 7 rings (SSSR count). The molecule has 1 saturated carbocycles. The van der Waals surface area contributed by atoms with Gasteiger partial charge in [0.2, 0.25) is 11.8 Å². The highest BCUT2D eigenvalue weighted by Gasteiger charge is 2.70. The molecule has 3 aromatic carbocycles. The molecule has 6 unspecified atom stereocenters. The lowest BCUT2D eigenvalue weighted by molar-refractivity contribution is -0.142. The first-order valence-corrected chi connectivity index (χ1v) is 17.4. The van der Waals surface area contributed by atoms with Crippen LogP contribution in [-0.2, 0) is 29.4 Å². The van der Waals surface area contributed by atoms with Crippen LogP contribution in [0.1, 0.15) is 48.3 Å². The zero-order chi connectivity index (χ0) is 35.5. The number of aliphatic carboxylic acids is 1. The van der Waals surface area contributed by atoms with Crippen molar-refractivity contribution in [2.75, 3.05) is 19.1 Å². The summed E-state index contributed by atoms with van der Waals surface area (Å²) < 4.78 is 5.87. The van der Waals surface area contributed by atoms with Crippen LogP contribution in [-0.4, -0.2) is 63.4 Å². The van der Waals surface area contributed by atoms with E-state index in [4.69, 9.17) is 4.74 Å². The fraction of sp³-hybridized carbons (Fsp3) is 0.342. The highest BCUT2D eigenvalue weighted by Crippen LogP contribution is 2.64. The van der Waals surface area contributed by atoms with Gasteiger partial charge in [0.15, 0.2) is 11.5 Å². The smallest absolute Gasteiger partial charge is 0.303 e. The predicted molar refractivity (Wildman–Crippen MR) is 185 cm³/mol. The number of carboxylic acids is 1. The van der Waals surface area contributed by atoms with Crippen molar-refractivity contribution in [1.82, 2.24) is 9.91 Å². The molecule has 3 aromatic rings. The Balaban J connectivity index is 1.42. The van der Waals surface area contributed by atoms with Gasteiger partial charge < -0.3 is 14.9 Å². The first-order chi connectivity index (χ1) is 24.0. The van der Waals surface area contributed by atoms with E-state index in [1.807, 2.05) is 55.5 Å². The number of carbonyl (C=O) groups is 5. The minimum absolute atomic E-state index is 0.00635. The number of anilines is 1. The van der Waals surface area contributed by atoms with Crippen molar-refractivity contribution in [2.24, 2.45) is 23.7 Å². The lowest BCUT2D eigenvalue weighted by atomic mass is 9.49. The van der Waals surface area contributed by atoms with E-state index in [0.29, 0.717) is 21.3 Å². The van der Waals surface area contributed by atoms with Crippen LogP contribution >= 0.6 is 15.9 Å². The zero-order valence-electron chi connectivity index (χ0n) is 27.5. The number of aromatic hydroxyl groups is 1. The Morgan fingerprint density at radius 1 is 1.00 bits per heavy atom. The number of halogens is 1. The third-order valence-electron chi connectivity index (χ3n) is 10.9. The van der Waals surface area contributed by atoms with Gasteiger partial charge in [-0.1, -0.05) is 59.7 Å². The fourth-order valence-corrected chi connectivity index (χ4v) is 9.17. The van der Waals surface area contributed by atoms with Crippen LogP contribution in [0.25, 0.3) is 0 Å². The van der Waals surface area contributed by atoms with Crippen LogP contribution in [0.3, 0.4) is 0 Å². The van der Waals surface area contributed by atoms with E-state index >= 15 is 4.79 Å². The number of phenolic OH excluding ortho intramolecular Hbond substituents is 1. The Labute approximate surface area is 297 Å². The van der Waals surface area contributed by atoms with E-state index in [9.17, 15) is 29.4 Å². The maximum absolute atomic E-state index is 15.2. The van der Waals surface area contributed by atoms with E-state index in [-0.39, 0.29) is 55.5 Å². The van der Waals surface area contributed by atoms with Crippen molar-refractivity contribution in [3.05, 3.63) is 99.5 Å². The SMILES string of the molecule is COc1cc(C2C3=CCC4C(=O)N(CCCC(=O)O)C(=O)C4C3CC3C(=O)N(Nc4ccc(C)cc4)C(=O)C32c2ccccc2)cc(Br)c1O. The second-order valence-electron chi connectivity index (χ2n) is 13.5. The Bertz CT molecular complexity index is 1950. The van der Waals surface area contributed by atoms with Gasteiger partial charge in [0.05, 0.1) is 40.4 Å². The number of hydrogen-bond acceptors (Lipinski definition) is 8. The van der Waals surface area contributed by atoms with Gasteiger partial charge in [-0.05, 0) is 83.4 Å². The van der Waals surface area contributed by atoms with Gasteiger partial charge >= 0.3 is 5.97 Å². The summed E-state index contributed by atoms with van der Waals surface area (Å²) in [6.07, 6.45) is 2.28. The molecule has 0 spiro atoms. The minimum Gasteiger partial charge on any atom is -0.503 e. The van der Waals surface area contributed by atoms with E-state index in [1.165, 1.54) is 12.0 Å². The zero-order valence-corrected chi connectivity index (χ0v) is 29.1. The molecule has 3 N–H and O–H groups in total. The van der Waals surface area contributed by atoms with Crippen molar-refractivity contribution in [2.45, 2.75) is 43.9 Å². The number of nitrogens with one attached hydrogen (secondary N) is 1. The van der Waals surface area contributed by atoms with Gasteiger partial charge in [-0.3, -0.25) is 34.3 Å². The van der Waals surface area contributed by atoms with Crippen LogP contribution in [0.4, 0.5) is 5.69 Å². The normalized spacial score (nSPS) is 27.1. The van der Waals surface area contributed by atoms with Crippen LogP contribution in [0.5, 0.6) is 11.5 Å². The number of imide groups is 2. The molecule has 2 aliphatic heterocycles. The molecule has 6 atom stereocenters. The van der Waals surface area contributed by atoms with Crippen LogP contribution in [0.2, 0.25) is 0 Å². The number of hydrazine groups is 1. The average Bonchev–Trinajstić information content (AvgIpc) is 3.47. The summed E-state index contributed by atoms with van der Waals surface area (Å²) in [5.74, 6) is -6.39. The number of nitrogens with zero attached hydrogens (tertiary/aromatic N) is 2. The molecule has 50 heavy (non-hydrogen) atoms. The number of phenols is 1. The number of rotatable bonds is 9. The predicted octanol–water partition coefficient (Wildman–Crippen LogP) is 5.32. The van der Waals surface area contributed by atoms with Crippen molar-refractivity contribution in [1.29, 1.82) is 0 Å². The third kappa shape index (κ3) is 5.10. The number of amides is 4. The highest BCUT2D eigenvalue weighted by molar-refractivity contribution is 9.10. The first kappa shape index (κ1) is 33.5. The third-order valence-corrected chi connectivity index (χ3v) is 11.5. The molecule has 3 fully saturated rings. The first-order valence-electron chi connectivity index (χ1n) is 16.6. The lowest BCUT2D eigenvalue weighted by Crippen LogP contribution is -2.53. The molecule has 11 nitrogen and oxygen atoms in total. The van der Waals surface area contributed by atoms with Crippen LogP contribution in [0.15, 0.2) is 82.9 Å². The monoisotopic (exact) mass is 741 g/mol. The number of hydrogen-bond donors (Lipinski definition) is 3. The Morgan fingerprint density at radius 2 is 1.72 bits per heavy atom. The number of carboxylic acid groups (broad SMARTS) is 1. The fourth-order valence-electron chi connectivity index (χ4n) is 8.71. The molecule has 12 heteroatoms. The minimum atomic E-state index is -1.47. The number of fused-ring (bicyclic) bond motifs is 4. The highest BCUT2D eigenvalue weighted by atomic mass is 79.9. The quantitative estimate of drug-likeness (QED) is 0.195. The second-order valence-corrected chi connectivity index (χ2v) is 14.3. The summed E-state index contributed by atoms with van der Waals surface area (Å²) in [4.78, 5) is 70.1. The number of aryl methyl sites for hydroxylation is 1. The largest absolute Gasteiger partial charge is 0.503 e. The molecule has 4 aliphatic rings. The number of methoxy groups -OCH3 is 1. The topological polar surface area (TPSA) is 154 Å². The summed E-state index contributed by atoms with van der Waals surface area (Å²) in [6.45, 7) is 1.93. The number of likely N-dealkylation sites (tertiary alicyclic amines) is 1. The van der Waals surface area contributed by atoms with Crippen LogP contribution < -0.4 is 10.2 Å². The molecule has 0 aromatic heterocycles. The molecule has 0 bridgehead atoms. The Morgan fingerprint density at radius 3 is 2.40 bits per heavy atom. The summed E-state index contributed by atoms with van der Waals surface area (Å²) in [5.41, 5.74) is 5.14. The summed E-state index contributed by atoms with van der Waals surface area (Å²) >= 11 is 3.46. The summed E-state index contributed by atoms with van der Waals surface area (Å²) in [6, 6.07) is 19.9. The van der Waals surface area contributed by atoms with E-state index < -0.39 is 52.8 Å². The molecule has 258 valence electrons. The summed E-state index contributed by atoms with van der Waals surface area (Å²) in [7, 11) is 1.43.